The molecule has 1 fully saturated rings. The van der Waals surface area contributed by atoms with Crippen LogP contribution >= 0.6 is 0 Å². The highest BCUT2D eigenvalue weighted by molar-refractivity contribution is 5.92. The maximum atomic E-state index is 12.3. The number of aryl methyl sites for hydroxylation is 1. The van der Waals surface area contributed by atoms with E-state index in [4.69, 9.17) is 0 Å². The fourth-order valence-electron chi connectivity index (χ4n) is 2.78. The van der Waals surface area contributed by atoms with Gasteiger partial charge in [0.25, 0.3) is 5.91 Å². The van der Waals surface area contributed by atoms with Crippen molar-refractivity contribution in [3.8, 4) is 0 Å². The second kappa shape index (κ2) is 8.17. The summed E-state index contributed by atoms with van der Waals surface area (Å²) in [5.41, 5.74) is 2.26. The summed E-state index contributed by atoms with van der Waals surface area (Å²) in [6, 6.07) is 3.77. The van der Waals surface area contributed by atoms with Crippen molar-refractivity contribution < 1.29 is 4.79 Å². The monoisotopic (exact) mass is 343 g/mol. The van der Waals surface area contributed by atoms with Crippen molar-refractivity contribution in [2.75, 3.05) is 32.7 Å². The van der Waals surface area contributed by atoms with Crippen molar-refractivity contribution in [1.82, 2.24) is 35.5 Å². The van der Waals surface area contributed by atoms with Crippen molar-refractivity contribution in [3.05, 3.63) is 41.5 Å². The zero-order valence-electron chi connectivity index (χ0n) is 14.8. The molecule has 0 spiro atoms. The van der Waals surface area contributed by atoms with E-state index in [2.05, 4.69) is 30.8 Å². The summed E-state index contributed by atoms with van der Waals surface area (Å²) in [7, 11) is 0. The molecular weight excluding hydrogens is 318 g/mol. The molecule has 1 amide bonds. The van der Waals surface area contributed by atoms with E-state index in [0.29, 0.717) is 5.69 Å². The van der Waals surface area contributed by atoms with Gasteiger partial charge in [-0.05, 0) is 25.5 Å². The normalized spacial score (nSPS) is 16.6. The molecule has 1 aliphatic rings. The third kappa shape index (κ3) is 4.83. The lowest BCUT2D eigenvalue weighted by Gasteiger charge is -2.26. The lowest BCUT2D eigenvalue weighted by molar-refractivity contribution is 0.0934. The smallest absolute Gasteiger partial charge is 0.273 e. The number of hydrogen-bond donors (Lipinski definition) is 2. The van der Waals surface area contributed by atoms with E-state index in [9.17, 15) is 4.79 Å². The number of amides is 1. The fraction of sp³-hybridized carbons (Fsp3) is 0.529. The van der Waals surface area contributed by atoms with E-state index < -0.39 is 0 Å². The first-order chi connectivity index (χ1) is 12.1. The van der Waals surface area contributed by atoms with Gasteiger partial charge in [0.15, 0.2) is 5.69 Å². The predicted molar refractivity (Wildman–Crippen MR) is 94.2 cm³/mol. The lowest BCUT2D eigenvalue weighted by atomic mass is 10.1. The van der Waals surface area contributed by atoms with E-state index in [0.717, 1.165) is 50.5 Å². The number of aromatic nitrogens is 4. The van der Waals surface area contributed by atoms with E-state index >= 15 is 0 Å². The first-order valence-electron chi connectivity index (χ1n) is 8.68. The van der Waals surface area contributed by atoms with Crippen LogP contribution in [0, 0.1) is 6.92 Å². The number of piperazine rings is 1. The minimum atomic E-state index is -0.221. The van der Waals surface area contributed by atoms with Gasteiger partial charge in [-0.15, -0.1) is 5.10 Å². The summed E-state index contributed by atoms with van der Waals surface area (Å²) in [6.07, 6.45) is 3.49. The van der Waals surface area contributed by atoms with Crippen LogP contribution in [0.4, 0.5) is 0 Å². The molecular formula is C17H25N7O. The van der Waals surface area contributed by atoms with Gasteiger partial charge in [0, 0.05) is 44.6 Å². The molecule has 2 aromatic heterocycles. The lowest BCUT2D eigenvalue weighted by Crippen LogP contribution is -2.44. The maximum absolute atomic E-state index is 12.3. The number of nitrogens with zero attached hydrogens (tertiary/aromatic N) is 5. The van der Waals surface area contributed by atoms with Crippen LogP contribution in [0.25, 0.3) is 0 Å². The highest BCUT2D eigenvalue weighted by atomic mass is 16.2. The van der Waals surface area contributed by atoms with Crippen LogP contribution in [-0.2, 0) is 6.54 Å². The first-order valence-corrected chi connectivity index (χ1v) is 8.68. The average molecular weight is 343 g/mol. The minimum absolute atomic E-state index is 0.133. The average Bonchev–Trinajstić information content (AvgIpc) is 3.10. The van der Waals surface area contributed by atoms with Crippen LogP contribution in [-0.4, -0.2) is 63.5 Å². The van der Waals surface area contributed by atoms with Gasteiger partial charge in [0.05, 0.1) is 18.8 Å². The van der Waals surface area contributed by atoms with Crippen LogP contribution in [0.2, 0.25) is 0 Å². The van der Waals surface area contributed by atoms with Crippen LogP contribution in [0.5, 0.6) is 0 Å². The van der Waals surface area contributed by atoms with Gasteiger partial charge in [-0.2, -0.15) is 0 Å². The molecule has 0 saturated carbocycles. The van der Waals surface area contributed by atoms with Crippen molar-refractivity contribution in [2.24, 2.45) is 0 Å². The minimum Gasteiger partial charge on any atom is -0.344 e. The Bertz CT molecular complexity index is 691. The zero-order valence-corrected chi connectivity index (χ0v) is 14.8. The molecule has 8 heteroatoms. The first kappa shape index (κ1) is 17.5. The van der Waals surface area contributed by atoms with Crippen molar-refractivity contribution in [1.29, 1.82) is 0 Å². The molecule has 25 heavy (non-hydrogen) atoms. The summed E-state index contributed by atoms with van der Waals surface area (Å²) in [5, 5.41) is 14.3. The molecule has 0 bridgehead atoms. The molecule has 134 valence electrons. The van der Waals surface area contributed by atoms with Gasteiger partial charge >= 0.3 is 0 Å². The summed E-state index contributed by atoms with van der Waals surface area (Å²) in [4.78, 5) is 19.0. The molecule has 0 radical (unpaired) electrons. The van der Waals surface area contributed by atoms with Crippen LogP contribution in [0.15, 0.2) is 24.5 Å². The Labute approximate surface area is 147 Å². The second-order valence-corrected chi connectivity index (χ2v) is 6.39. The van der Waals surface area contributed by atoms with Crippen LogP contribution in [0.1, 0.15) is 34.7 Å². The molecule has 2 N–H and O–H groups in total. The Morgan fingerprint density at radius 1 is 1.32 bits per heavy atom. The highest BCUT2D eigenvalue weighted by Crippen LogP contribution is 2.11. The predicted octanol–water partition coefficient (Wildman–Crippen LogP) is 0.378. The third-order valence-corrected chi connectivity index (χ3v) is 4.41. The Morgan fingerprint density at radius 3 is 2.84 bits per heavy atom. The number of nitrogens with one attached hydrogen (secondary N) is 2. The fourth-order valence-corrected chi connectivity index (χ4v) is 2.78. The molecule has 3 rings (SSSR count). The second-order valence-electron chi connectivity index (χ2n) is 6.39. The Balaban J connectivity index is 1.52. The van der Waals surface area contributed by atoms with Crippen molar-refractivity contribution >= 4 is 5.91 Å². The van der Waals surface area contributed by atoms with Gasteiger partial charge in [-0.3, -0.25) is 19.4 Å². The van der Waals surface area contributed by atoms with Gasteiger partial charge < -0.3 is 10.6 Å². The van der Waals surface area contributed by atoms with Crippen molar-refractivity contribution in [3.63, 3.8) is 0 Å². The SMILES string of the molecule is Cc1ccc(C(C)NC(=O)c2cn(CCN3CCNCC3)nn2)cn1. The van der Waals surface area contributed by atoms with E-state index in [1.807, 2.05) is 26.0 Å². The van der Waals surface area contributed by atoms with Gasteiger partial charge in [0.2, 0.25) is 0 Å². The van der Waals surface area contributed by atoms with Crippen LogP contribution in [0.3, 0.4) is 0 Å². The molecule has 8 nitrogen and oxygen atoms in total. The third-order valence-electron chi connectivity index (χ3n) is 4.41. The summed E-state index contributed by atoms with van der Waals surface area (Å²) in [5.74, 6) is -0.221. The molecule has 2 aromatic rings. The number of rotatable bonds is 6. The van der Waals surface area contributed by atoms with E-state index in [1.165, 1.54) is 0 Å². The van der Waals surface area contributed by atoms with Gasteiger partial charge in [-0.1, -0.05) is 11.3 Å². The number of carbonyl (C=O) groups excluding carboxylic acids is 1. The summed E-state index contributed by atoms with van der Waals surface area (Å²) in [6.45, 7) is 9.65. The molecule has 0 aliphatic carbocycles. The summed E-state index contributed by atoms with van der Waals surface area (Å²) < 4.78 is 1.73. The molecule has 0 aromatic carbocycles. The Kier molecular flexibility index (Phi) is 5.72. The highest BCUT2D eigenvalue weighted by Gasteiger charge is 2.16. The topological polar surface area (TPSA) is 88.0 Å². The number of hydrogen-bond acceptors (Lipinski definition) is 6. The van der Waals surface area contributed by atoms with E-state index in [1.54, 1.807) is 17.1 Å². The summed E-state index contributed by atoms with van der Waals surface area (Å²) >= 11 is 0. The molecule has 3 heterocycles. The standard InChI is InChI=1S/C17H25N7O/c1-13-3-4-15(11-19-13)14(2)20-17(25)16-12-24(22-21-16)10-9-23-7-5-18-6-8-23/h3-4,11-12,14,18H,5-10H2,1-2H3,(H,20,25). The Hall–Kier alpha value is -2.32. The largest absolute Gasteiger partial charge is 0.344 e. The quantitative estimate of drug-likeness (QED) is 0.788. The van der Waals surface area contributed by atoms with Gasteiger partial charge in [0.1, 0.15) is 0 Å². The number of pyridine rings is 1. The van der Waals surface area contributed by atoms with E-state index in [-0.39, 0.29) is 11.9 Å². The molecule has 1 aliphatic heterocycles. The number of carbonyl (C=O) groups is 1. The van der Waals surface area contributed by atoms with Crippen LogP contribution < -0.4 is 10.6 Å². The Morgan fingerprint density at radius 2 is 2.12 bits per heavy atom. The van der Waals surface area contributed by atoms with Crippen molar-refractivity contribution in [2.45, 2.75) is 26.4 Å². The maximum Gasteiger partial charge on any atom is 0.273 e. The zero-order chi connectivity index (χ0) is 17.6. The molecule has 1 saturated heterocycles. The van der Waals surface area contributed by atoms with Gasteiger partial charge in [-0.25, -0.2) is 0 Å². The molecule has 1 unspecified atom stereocenters. The molecule has 1 atom stereocenters.